The monoisotopic (exact) mass is 250 g/mol. The lowest BCUT2D eigenvalue weighted by Crippen LogP contribution is -2.26. The Hall–Kier alpha value is -1.51. The molecule has 0 N–H and O–H groups in total. The van der Waals surface area contributed by atoms with Crippen LogP contribution >= 0.6 is 0 Å². The maximum absolute atomic E-state index is 11.6. The SMILES string of the molecule is Cc1ccc(C(C)C)cc1OC(=O)OC(C)(C)C. The van der Waals surface area contributed by atoms with Crippen molar-refractivity contribution in [3.05, 3.63) is 29.3 Å². The molecular formula is C15H22O3. The van der Waals surface area contributed by atoms with Gasteiger partial charge >= 0.3 is 6.16 Å². The first-order chi connectivity index (χ1) is 8.19. The van der Waals surface area contributed by atoms with Gasteiger partial charge in [0.1, 0.15) is 11.4 Å². The third-order valence-electron chi connectivity index (χ3n) is 2.46. The largest absolute Gasteiger partial charge is 0.514 e. The molecule has 0 unspecified atom stereocenters. The van der Waals surface area contributed by atoms with Gasteiger partial charge in [-0.3, -0.25) is 0 Å². The number of carbonyl (C=O) groups is 1. The molecule has 0 bridgehead atoms. The zero-order valence-corrected chi connectivity index (χ0v) is 12.0. The van der Waals surface area contributed by atoms with Gasteiger partial charge in [0.05, 0.1) is 0 Å². The van der Waals surface area contributed by atoms with Crippen molar-refractivity contribution in [3.8, 4) is 5.75 Å². The van der Waals surface area contributed by atoms with E-state index in [2.05, 4.69) is 13.8 Å². The fourth-order valence-electron chi connectivity index (χ4n) is 1.45. The van der Waals surface area contributed by atoms with Crippen LogP contribution in [0.15, 0.2) is 18.2 Å². The van der Waals surface area contributed by atoms with Crippen molar-refractivity contribution in [3.63, 3.8) is 0 Å². The van der Waals surface area contributed by atoms with Crippen molar-refractivity contribution in [2.45, 2.75) is 53.1 Å². The Morgan fingerprint density at radius 3 is 2.33 bits per heavy atom. The molecule has 0 heterocycles. The molecule has 0 aliphatic heterocycles. The van der Waals surface area contributed by atoms with E-state index in [1.807, 2.05) is 45.9 Å². The highest BCUT2D eigenvalue weighted by Crippen LogP contribution is 2.25. The van der Waals surface area contributed by atoms with Crippen LogP contribution in [-0.2, 0) is 4.74 Å². The second-order valence-corrected chi connectivity index (χ2v) is 5.75. The normalized spacial score (nSPS) is 11.5. The Kier molecular flexibility index (Phi) is 4.38. The molecule has 0 spiro atoms. The van der Waals surface area contributed by atoms with E-state index in [-0.39, 0.29) is 0 Å². The Balaban J connectivity index is 2.84. The lowest BCUT2D eigenvalue weighted by Gasteiger charge is -2.19. The van der Waals surface area contributed by atoms with Crippen LogP contribution in [0.1, 0.15) is 51.7 Å². The fraction of sp³-hybridized carbons (Fsp3) is 0.533. The van der Waals surface area contributed by atoms with Crippen LogP contribution in [0, 0.1) is 6.92 Å². The van der Waals surface area contributed by atoms with Crippen LogP contribution in [-0.4, -0.2) is 11.8 Å². The molecule has 0 aliphatic carbocycles. The number of hydrogen-bond donors (Lipinski definition) is 0. The zero-order chi connectivity index (χ0) is 13.9. The van der Waals surface area contributed by atoms with E-state index in [1.165, 1.54) is 0 Å². The molecule has 1 rings (SSSR count). The molecule has 1 aromatic rings. The van der Waals surface area contributed by atoms with Crippen LogP contribution in [0.3, 0.4) is 0 Å². The number of ether oxygens (including phenoxy) is 2. The second-order valence-electron chi connectivity index (χ2n) is 5.75. The van der Waals surface area contributed by atoms with Crippen molar-refractivity contribution in [2.75, 3.05) is 0 Å². The average molecular weight is 250 g/mol. The molecule has 0 saturated heterocycles. The molecule has 3 heteroatoms. The van der Waals surface area contributed by atoms with Gasteiger partial charge in [-0.1, -0.05) is 26.0 Å². The van der Waals surface area contributed by atoms with E-state index < -0.39 is 11.8 Å². The van der Waals surface area contributed by atoms with E-state index in [1.54, 1.807) is 0 Å². The molecule has 0 radical (unpaired) electrons. The topological polar surface area (TPSA) is 35.5 Å². The summed E-state index contributed by atoms with van der Waals surface area (Å²) >= 11 is 0. The van der Waals surface area contributed by atoms with Crippen molar-refractivity contribution < 1.29 is 14.3 Å². The van der Waals surface area contributed by atoms with Gasteiger partial charge in [0.25, 0.3) is 0 Å². The molecule has 0 aliphatic rings. The predicted molar refractivity (Wildman–Crippen MR) is 72.1 cm³/mol. The van der Waals surface area contributed by atoms with E-state index in [0.717, 1.165) is 11.1 Å². The smallest absolute Gasteiger partial charge is 0.428 e. The Morgan fingerprint density at radius 1 is 1.22 bits per heavy atom. The highest BCUT2D eigenvalue weighted by molar-refractivity contribution is 5.65. The van der Waals surface area contributed by atoms with Crippen molar-refractivity contribution >= 4 is 6.16 Å². The van der Waals surface area contributed by atoms with Gasteiger partial charge in [-0.15, -0.1) is 0 Å². The van der Waals surface area contributed by atoms with Gasteiger partial charge in [-0.25, -0.2) is 4.79 Å². The van der Waals surface area contributed by atoms with Crippen molar-refractivity contribution in [2.24, 2.45) is 0 Å². The molecular weight excluding hydrogens is 228 g/mol. The maximum Gasteiger partial charge on any atom is 0.514 e. The summed E-state index contributed by atoms with van der Waals surface area (Å²) in [5.41, 5.74) is 1.52. The van der Waals surface area contributed by atoms with Gasteiger partial charge < -0.3 is 9.47 Å². The van der Waals surface area contributed by atoms with Crippen LogP contribution < -0.4 is 4.74 Å². The maximum atomic E-state index is 11.6. The number of carbonyl (C=O) groups excluding carboxylic acids is 1. The molecule has 1 aromatic carbocycles. The summed E-state index contributed by atoms with van der Waals surface area (Å²) in [6, 6.07) is 5.89. The summed E-state index contributed by atoms with van der Waals surface area (Å²) in [6.07, 6.45) is -0.661. The molecule has 18 heavy (non-hydrogen) atoms. The minimum atomic E-state index is -0.661. The molecule has 0 atom stereocenters. The summed E-state index contributed by atoms with van der Waals surface area (Å²) in [5.74, 6) is 0.960. The average Bonchev–Trinajstić information content (AvgIpc) is 2.18. The van der Waals surface area contributed by atoms with E-state index in [0.29, 0.717) is 11.7 Å². The standard InChI is InChI=1S/C15H22O3/c1-10(2)12-8-7-11(3)13(9-12)17-14(16)18-15(4,5)6/h7-10H,1-6H3. The highest BCUT2D eigenvalue weighted by atomic mass is 16.7. The van der Waals surface area contributed by atoms with Crippen LogP contribution in [0.4, 0.5) is 4.79 Å². The summed E-state index contributed by atoms with van der Waals surface area (Å²) in [6.45, 7) is 11.5. The van der Waals surface area contributed by atoms with Gasteiger partial charge in [0.15, 0.2) is 0 Å². The number of aryl methyl sites for hydroxylation is 1. The van der Waals surface area contributed by atoms with Gasteiger partial charge in [-0.2, -0.15) is 0 Å². The minimum absolute atomic E-state index is 0.395. The van der Waals surface area contributed by atoms with Gasteiger partial charge in [0.2, 0.25) is 0 Å². The van der Waals surface area contributed by atoms with E-state index in [4.69, 9.17) is 9.47 Å². The summed E-state index contributed by atoms with van der Waals surface area (Å²) in [7, 11) is 0. The van der Waals surface area contributed by atoms with Gasteiger partial charge in [-0.05, 0) is 50.8 Å². The van der Waals surface area contributed by atoms with Crippen LogP contribution in [0.5, 0.6) is 5.75 Å². The van der Waals surface area contributed by atoms with Crippen LogP contribution in [0.2, 0.25) is 0 Å². The first kappa shape index (κ1) is 14.6. The lowest BCUT2D eigenvalue weighted by atomic mass is 10.0. The van der Waals surface area contributed by atoms with Crippen LogP contribution in [0.25, 0.3) is 0 Å². The quantitative estimate of drug-likeness (QED) is 0.575. The van der Waals surface area contributed by atoms with E-state index >= 15 is 0 Å². The molecule has 0 saturated carbocycles. The molecule has 0 aromatic heterocycles. The number of hydrogen-bond acceptors (Lipinski definition) is 3. The molecule has 0 fully saturated rings. The van der Waals surface area contributed by atoms with Crippen molar-refractivity contribution in [1.29, 1.82) is 0 Å². The molecule has 0 amide bonds. The highest BCUT2D eigenvalue weighted by Gasteiger charge is 2.19. The first-order valence-corrected chi connectivity index (χ1v) is 6.20. The summed E-state index contributed by atoms with van der Waals surface area (Å²) in [4.78, 5) is 11.6. The summed E-state index contributed by atoms with van der Waals surface area (Å²) in [5, 5.41) is 0. The third-order valence-corrected chi connectivity index (χ3v) is 2.46. The Bertz CT molecular complexity index is 428. The predicted octanol–water partition coefficient (Wildman–Crippen LogP) is 4.43. The van der Waals surface area contributed by atoms with E-state index in [9.17, 15) is 4.79 Å². The lowest BCUT2D eigenvalue weighted by molar-refractivity contribution is 0.0204. The fourth-order valence-corrected chi connectivity index (χ4v) is 1.45. The van der Waals surface area contributed by atoms with Crippen molar-refractivity contribution in [1.82, 2.24) is 0 Å². The Labute approximate surface area is 109 Å². The number of rotatable bonds is 2. The molecule has 100 valence electrons. The van der Waals surface area contributed by atoms with Gasteiger partial charge in [0, 0.05) is 0 Å². The summed E-state index contributed by atoms with van der Waals surface area (Å²) < 4.78 is 10.4. The molecule has 3 nitrogen and oxygen atoms in total. The Morgan fingerprint density at radius 2 is 1.83 bits per heavy atom. The zero-order valence-electron chi connectivity index (χ0n) is 12.0. The third kappa shape index (κ3) is 4.40. The first-order valence-electron chi connectivity index (χ1n) is 6.20. The minimum Gasteiger partial charge on any atom is -0.428 e. The second kappa shape index (κ2) is 5.42. The number of benzene rings is 1.